The van der Waals surface area contributed by atoms with Gasteiger partial charge in [0.05, 0.1) is 4.92 Å². The van der Waals surface area contributed by atoms with Gasteiger partial charge in [0.2, 0.25) is 0 Å². The van der Waals surface area contributed by atoms with E-state index in [1.165, 1.54) is 6.07 Å². The Bertz CT molecular complexity index is 746. The second kappa shape index (κ2) is 7.38. The molecule has 0 aromatic heterocycles. The number of non-ortho nitro benzene ring substituents is 1. The van der Waals surface area contributed by atoms with Crippen molar-refractivity contribution < 1.29 is 4.92 Å². The van der Waals surface area contributed by atoms with Gasteiger partial charge in [-0.05, 0) is 29.8 Å². The maximum absolute atomic E-state index is 10.9. The summed E-state index contributed by atoms with van der Waals surface area (Å²) in [7, 11) is 0. The Labute approximate surface area is 150 Å². The minimum Gasteiger partial charge on any atom is -0.369 e. The van der Waals surface area contributed by atoms with Gasteiger partial charge in [-0.25, -0.2) is 0 Å². The van der Waals surface area contributed by atoms with Gasteiger partial charge in [-0.3, -0.25) is 15.0 Å². The number of halogens is 2. The molecule has 1 aliphatic rings. The van der Waals surface area contributed by atoms with Crippen molar-refractivity contribution in [1.82, 2.24) is 4.90 Å². The number of benzene rings is 2. The molecule has 1 fully saturated rings. The number of nitro benzene ring substituents is 1. The van der Waals surface area contributed by atoms with E-state index in [1.807, 2.05) is 18.2 Å². The molecule has 0 N–H and O–H groups in total. The minimum absolute atomic E-state index is 0.0759. The largest absolute Gasteiger partial charge is 0.369 e. The van der Waals surface area contributed by atoms with E-state index in [0.717, 1.165) is 42.5 Å². The summed E-state index contributed by atoms with van der Waals surface area (Å²) in [4.78, 5) is 15.1. The topological polar surface area (TPSA) is 49.6 Å². The summed E-state index contributed by atoms with van der Waals surface area (Å²) in [6.45, 7) is 4.11. The SMILES string of the molecule is O=[N+]([O-])c1ccc(Cl)c(CN2CCN(c3cccc(Cl)c3)CC2)c1. The molecule has 0 atom stereocenters. The first-order valence-electron chi connectivity index (χ1n) is 7.68. The van der Waals surface area contributed by atoms with E-state index in [1.54, 1.807) is 12.1 Å². The van der Waals surface area contributed by atoms with Gasteiger partial charge in [-0.1, -0.05) is 29.3 Å². The number of nitro groups is 1. The smallest absolute Gasteiger partial charge is 0.269 e. The lowest BCUT2D eigenvalue weighted by Gasteiger charge is -2.36. The molecule has 0 spiro atoms. The molecule has 0 unspecified atom stereocenters. The summed E-state index contributed by atoms with van der Waals surface area (Å²) in [5.74, 6) is 0. The Kier molecular flexibility index (Phi) is 5.23. The molecule has 24 heavy (non-hydrogen) atoms. The molecule has 1 aliphatic heterocycles. The van der Waals surface area contributed by atoms with E-state index in [9.17, 15) is 10.1 Å². The number of piperazine rings is 1. The van der Waals surface area contributed by atoms with Crippen molar-refractivity contribution in [3.05, 3.63) is 68.2 Å². The lowest BCUT2D eigenvalue weighted by molar-refractivity contribution is -0.384. The molecular formula is C17H17Cl2N3O2. The molecule has 0 radical (unpaired) electrons. The normalized spacial score (nSPS) is 15.5. The number of anilines is 1. The third-order valence-electron chi connectivity index (χ3n) is 4.18. The molecular weight excluding hydrogens is 349 g/mol. The van der Waals surface area contributed by atoms with Crippen molar-refractivity contribution in [1.29, 1.82) is 0 Å². The second-order valence-corrected chi connectivity index (χ2v) is 6.62. The lowest BCUT2D eigenvalue weighted by Crippen LogP contribution is -2.46. The number of rotatable bonds is 4. The van der Waals surface area contributed by atoms with Crippen molar-refractivity contribution in [2.75, 3.05) is 31.1 Å². The van der Waals surface area contributed by atoms with Gasteiger partial charge in [-0.2, -0.15) is 0 Å². The predicted octanol–water partition coefficient (Wildman–Crippen LogP) is 4.22. The van der Waals surface area contributed by atoms with E-state index in [2.05, 4.69) is 15.9 Å². The molecule has 2 aromatic carbocycles. The number of nitrogens with zero attached hydrogens (tertiary/aromatic N) is 3. The summed E-state index contributed by atoms with van der Waals surface area (Å²) in [6, 6.07) is 12.4. The van der Waals surface area contributed by atoms with Crippen LogP contribution >= 0.6 is 23.2 Å². The van der Waals surface area contributed by atoms with Gasteiger partial charge in [0.25, 0.3) is 5.69 Å². The van der Waals surface area contributed by atoms with E-state index < -0.39 is 4.92 Å². The predicted molar refractivity (Wildman–Crippen MR) is 97.0 cm³/mol. The fraction of sp³-hybridized carbons (Fsp3) is 0.294. The zero-order valence-corrected chi connectivity index (χ0v) is 14.5. The average molecular weight is 366 g/mol. The van der Waals surface area contributed by atoms with Gasteiger partial charge >= 0.3 is 0 Å². The van der Waals surface area contributed by atoms with Crippen LogP contribution in [0.3, 0.4) is 0 Å². The Morgan fingerprint density at radius 2 is 1.79 bits per heavy atom. The Morgan fingerprint density at radius 1 is 1.04 bits per heavy atom. The third kappa shape index (κ3) is 3.98. The van der Waals surface area contributed by atoms with Gasteiger partial charge in [-0.15, -0.1) is 0 Å². The zero-order valence-electron chi connectivity index (χ0n) is 13.0. The molecule has 1 heterocycles. The summed E-state index contributed by atoms with van der Waals surface area (Å²) in [5.41, 5.74) is 1.99. The highest BCUT2D eigenvalue weighted by molar-refractivity contribution is 6.31. The highest BCUT2D eigenvalue weighted by Crippen LogP contribution is 2.25. The molecule has 7 heteroatoms. The minimum atomic E-state index is -0.392. The first kappa shape index (κ1) is 17.0. The van der Waals surface area contributed by atoms with Crippen LogP contribution in [-0.4, -0.2) is 36.0 Å². The highest BCUT2D eigenvalue weighted by Gasteiger charge is 2.19. The third-order valence-corrected chi connectivity index (χ3v) is 4.78. The highest BCUT2D eigenvalue weighted by atomic mass is 35.5. The Morgan fingerprint density at radius 3 is 2.46 bits per heavy atom. The molecule has 0 saturated carbocycles. The van der Waals surface area contributed by atoms with Crippen molar-refractivity contribution in [2.45, 2.75) is 6.54 Å². The van der Waals surface area contributed by atoms with Crippen LogP contribution in [0.5, 0.6) is 0 Å². The van der Waals surface area contributed by atoms with Crippen LogP contribution in [-0.2, 0) is 6.54 Å². The fourth-order valence-corrected chi connectivity index (χ4v) is 3.24. The molecule has 3 rings (SSSR count). The summed E-state index contributed by atoms with van der Waals surface area (Å²) in [6.07, 6.45) is 0. The average Bonchev–Trinajstić information content (AvgIpc) is 2.57. The van der Waals surface area contributed by atoms with Crippen LogP contribution in [0, 0.1) is 10.1 Å². The molecule has 1 saturated heterocycles. The molecule has 2 aromatic rings. The maximum Gasteiger partial charge on any atom is 0.269 e. The van der Waals surface area contributed by atoms with Crippen LogP contribution in [0.2, 0.25) is 10.0 Å². The maximum atomic E-state index is 10.9. The van der Waals surface area contributed by atoms with Gasteiger partial charge < -0.3 is 4.90 Å². The van der Waals surface area contributed by atoms with E-state index in [-0.39, 0.29) is 5.69 Å². The van der Waals surface area contributed by atoms with Crippen molar-refractivity contribution in [2.24, 2.45) is 0 Å². The van der Waals surface area contributed by atoms with Crippen molar-refractivity contribution in [3.8, 4) is 0 Å². The van der Waals surface area contributed by atoms with E-state index >= 15 is 0 Å². The molecule has 126 valence electrons. The molecule has 5 nitrogen and oxygen atoms in total. The Hall–Kier alpha value is -1.82. The lowest BCUT2D eigenvalue weighted by atomic mass is 10.1. The van der Waals surface area contributed by atoms with Crippen molar-refractivity contribution >= 4 is 34.6 Å². The standard InChI is InChI=1S/C17H17Cl2N3O2/c18-14-2-1-3-15(11-14)21-8-6-20(7-9-21)12-13-10-16(22(23)24)4-5-17(13)19/h1-5,10-11H,6-9,12H2. The monoisotopic (exact) mass is 365 g/mol. The summed E-state index contributed by atoms with van der Waals surface area (Å²) < 4.78 is 0. The van der Waals surface area contributed by atoms with Crippen LogP contribution in [0.4, 0.5) is 11.4 Å². The first-order valence-corrected chi connectivity index (χ1v) is 8.44. The van der Waals surface area contributed by atoms with Gasteiger partial charge in [0, 0.05) is 60.6 Å². The van der Waals surface area contributed by atoms with Crippen LogP contribution in [0.15, 0.2) is 42.5 Å². The summed E-state index contributed by atoms with van der Waals surface area (Å²) in [5, 5.41) is 12.2. The quantitative estimate of drug-likeness (QED) is 0.600. The Balaban J connectivity index is 1.63. The van der Waals surface area contributed by atoms with E-state index in [4.69, 9.17) is 23.2 Å². The first-order chi connectivity index (χ1) is 11.5. The van der Waals surface area contributed by atoms with E-state index in [0.29, 0.717) is 11.6 Å². The number of hydrogen-bond donors (Lipinski definition) is 0. The van der Waals surface area contributed by atoms with Crippen LogP contribution in [0.1, 0.15) is 5.56 Å². The van der Waals surface area contributed by atoms with Gasteiger partial charge in [0.15, 0.2) is 0 Å². The van der Waals surface area contributed by atoms with Crippen LogP contribution < -0.4 is 4.90 Å². The zero-order chi connectivity index (χ0) is 17.1. The fourth-order valence-electron chi connectivity index (χ4n) is 2.87. The van der Waals surface area contributed by atoms with Crippen molar-refractivity contribution in [3.63, 3.8) is 0 Å². The number of hydrogen-bond acceptors (Lipinski definition) is 4. The molecule has 0 amide bonds. The van der Waals surface area contributed by atoms with Gasteiger partial charge in [0.1, 0.15) is 0 Å². The molecule has 0 bridgehead atoms. The van der Waals surface area contributed by atoms with Crippen LogP contribution in [0.25, 0.3) is 0 Å². The summed E-state index contributed by atoms with van der Waals surface area (Å²) >= 11 is 12.2. The second-order valence-electron chi connectivity index (χ2n) is 5.78. The molecule has 0 aliphatic carbocycles.